The van der Waals surface area contributed by atoms with Gasteiger partial charge >= 0.3 is 0 Å². The van der Waals surface area contributed by atoms with Gasteiger partial charge in [0, 0.05) is 23.0 Å². The first-order valence-electron chi connectivity index (χ1n) is 23.3. The molecule has 0 saturated heterocycles. The molecule has 12 rings (SSSR count). The lowest BCUT2D eigenvalue weighted by molar-refractivity contribution is 0.761. The van der Waals surface area contributed by atoms with E-state index in [9.17, 15) is 0 Å². The number of aromatic nitrogens is 6. The molecule has 0 bridgehead atoms. The van der Waals surface area contributed by atoms with E-state index in [-0.39, 0.29) is 5.92 Å². The zero-order valence-corrected chi connectivity index (χ0v) is 37.7. The van der Waals surface area contributed by atoms with Gasteiger partial charge in [-0.2, -0.15) is 9.59 Å². The molecule has 328 valence electrons. The molecule has 0 aliphatic carbocycles. The van der Waals surface area contributed by atoms with E-state index in [2.05, 4.69) is 211 Å². The highest BCUT2D eigenvalue weighted by molar-refractivity contribution is 5.82. The second kappa shape index (κ2) is 18.2. The highest BCUT2D eigenvalue weighted by atomic mass is 15.5. The van der Waals surface area contributed by atoms with Crippen molar-refractivity contribution in [3.05, 3.63) is 271 Å². The predicted octanol–water partition coefficient (Wildman–Crippen LogP) is 15.0. The van der Waals surface area contributed by atoms with Crippen LogP contribution in [0.2, 0.25) is 0 Å². The number of para-hydroxylation sites is 1. The van der Waals surface area contributed by atoms with Crippen LogP contribution in [0.5, 0.6) is 0 Å². The van der Waals surface area contributed by atoms with Gasteiger partial charge in [-0.15, -0.1) is 20.4 Å². The van der Waals surface area contributed by atoms with Crippen molar-refractivity contribution in [1.29, 1.82) is 0 Å². The van der Waals surface area contributed by atoms with Gasteiger partial charge in [-0.25, -0.2) is 0 Å². The second-order valence-electron chi connectivity index (χ2n) is 17.3. The lowest BCUT2D eigenvalue weighted by Crippen LogP contribution is -2.10. The number of anilines is 3. The van der Waals surface area contributed by atoms with Gasteiger partial charge in [-0.05, 0) is 154 Å². The van der Waals surface area contributed by atoms with Crippen molar-refractivity contribution in [3.8, 4) is 44.8 Å². The normalized spacial score (nSPS) is 11.8. The molecular weight excluding hydrogens is 843 g/mol. The van der Waals surface area contributed by atoms with Crippen LogP contribution < -0.4 is 4.90 Å². The number of nitrogens with zero attached hydrogens (tertiary/aromatic N) is 7. The smallest absolute Gasteiger partial charge is 0.113 e. The van der Waals surface area contributed by atoms with Gasteiger partial charge < -0.3 is 4.90 Å². The Hall–Kier alpha value is -9.20. The Bertz CT molecular complexity index is 3640. The zero-order valence-electron chi connectivity index (χ0n) is 37.7. The molecule has 0 aliphatic heterocycles. The molecule has 0 amide bonds. The van der Waals surface area contributed by atoms with Gasteiger partial charge in [0.05, 0.1) is 11.4 Å². The molecule has 0 aliphatic rings. The number of hydrogen-bond donors (Lipinski definition) is 0. The summed E-state index contributed by atoms with van der Waals surface area (Å²) in [5.41, 5.74) is 19.3. The third kappa shape index (κ3) is 8.57. The van der Waals surface area contributed by atoms with Crippen molar-refractivity contribution in [2.75, 3.05) is 4.90 Å². The second-order valence-corrected chi connectivity index (χ2v) is 17.3. The Labute approximate surface area is 400 Å². The van der Waals surface area contributed by atoms with E-state index in [1.807, 2.05) is 48.5 Å². The lowest BCUT2D eigenvalue weighted by atomic mass is 9.85. The highest BCUT2D eigenvalue weighted by Gasteiger charge is 2.18. The molecule has 0 radical (unpaired) electrons. The maximum absolute atomic E-state index is 4.71. The molecule has 7 heteroatoms. The van der Waals surface area contributed by atoms with Crippen molar-refractivity contribution in [1.82, 2.24) is 30.0 Å². The summed E-state index contributed by atoms with van der Waals surface area (Å²) < 4.78 is 0. The van der Waals surface area contributed by atoms with E-state index in [1.165, 1.54) is 33.4 Å². The van der Waals surface area contributed by atoms with Crippen LogP contribution in [0.1, 0.15) is 22.6 Å². The monoisotopic (exact) mass is 887 g/mol. The quantitative estimate of drug-likeness (QED) is 0.122. The first-order valence-corrected chi connectivity index (χ1v) is 23.3. The Morgan fingerprint density at radius 1 is 0.304 bits per heavy atom. The van der Waals surface area contributed by atoms with E-state index in [0.29, 0.717) is 0 Å². The van der Waals surface area contributed by atoms with Gasteiger partial charge in [0.25, 0.3) is 0 Å². The maximum atomic E-state index is 4.71. The Balaban J connectivity index is 0.809. The van der Waals surface area contributed by atoms with Gasteiger partial charge in [-0.1, -0.05) is 158 Å². The summed E-state index contributed by atoms with van der Waals surface area (Å²) in [5.74, 6) is 0.166. The van der Waals surface area contributed by atoms with Gasteiger partial charge in [0.1, 0.15) is 22.1 Å². The summed E-state index contributed by atoms with van der Waals surface area (Å²) in [6.45, 7) is 0. The van der Waals surface area contributed by atoms with Crippen LogP contribution in [0.4, 0.5) is 17.1 Å². The van der Waals surface area contributed by atoms with E-state index >= 15 is 0 Å². The molecule has 69 heavy (non-hydrogen) atoms. The summed E-state index contributed by atoms with van der Waals surface area (Å²) in [6.07, 6.45) is 0.856. The summed E-state index contributed by atoms with van der Waals surface area (Å²) in [6, 6.07) is 89.9. The minimum absolute atomic E-state index is 0.166. The SMILES string of the molecule is c1ccc([C@@H](Cc2cccc(-c3cccc(-c4cccc(-c5cccc(N(c6ccccc6)c6ccc(-n7nc8ccccc8n7)cc6)c5)c4)c3)c2)c2ccc(-n3nc4ccccc4n3)cc2)cc1. The largest absolute Gasteiger partial charge is 0.310 e. The predicted molar refractivity (Wildman–Crippen MR) is 281 cm³/mol. The van der Waals surface area contributed by atoms with Crippen LogP contribution in [0.3, 0.4) is 0 Å². The molecular formula is C62H45N7. The zero-order chi connectivity index (χ0) is 45.9. The first kappa shape index (κ1) is 41.2. The molecule has 7 nitrogen and oxygen atoms in total. The Morgan fingerprint density at radius 2 is 0.681 bits per heavy atom. The molecule has 12 aromatic rings. The van der Waals surface area contributed by atoms with Crippen LogP contribution in [-0.4, -0.2) is 30.0 Å². The van der Waals surface area contributed by atoms with Crippen LogP contribution >= 0.6 is 0 Å². The minimum atomic E-state index is 0.166. The van der Waals surface area contributed by atoms with Gasteiger partial charge in [0.15, 0.2) is 0 Å². The van der Waals surface area contributed by atoms with Gasteiger partial charge in [0.2, 0.25) is 0 Å². The first-order chi connectivity index (χ1) is 34.1. The molecule has 0 N–H and O–H groups in total. The van der Waals surface area contributed by atoms with Crippen LogP contribution in [0.25, 0.3) is 66.8 Å². The Kier molecular flexibility index (Phi) is 10.9. The fourth-order valence-corrected chi connectivity index (χ4v) is 9.36. The van der Waals surface area contributed by atoms with Crippen LogP contribution in [0, 0.1) is 0 Å². The van der Waals surface area contributed by atoms with E-state index in [1.54, 1.807) is 9.59 Å². The van der Waals surface area contributed by atoms with Gasteiger partial charge in [-0.3, -0.25) is 0 Å². The fraction of sp³-hybridized carbons (Fsp3) is 0.0323. The lowest BCUT2D eigenvalue weighted by Gasteiger charge is -2.26. The molecule has 10 aromatic carbocycles. The number of benzene rings is 10. The molecule has 0 unspecified atom stereocenters. The van der Waals surface area contributed by atoms with Crippen molar-refractivity contribution in [3.63, 3.8) is 0 Å². The topological polar surface area (TPSA) is 64.7 Å². The van der Waals surface area contributed by atoms with Crippen molar-refractivity contribution < 1.29 is 0 Å². The molecule has 2 heterocycles. The van der Waals surface area contributed by atoms with Crippen LogP contribution in [-0.2, 0) is 6.42 Å². The number of hydrogen-bond acceptors (Lipinski definition) is 5. The van der Waals surface area contributed by atoms with E-state index < -0.39 is 0 Å². The average molecular weight is 888 g/mol. The molecule has 0 saturated carbocycles. The van der Waals surface area contributed by atoms with Crippen molar-refractivity contribution >= 4 is 39.1 Å². The molecule has 2 aromatic heterocycles. The minimum Gasteiger partial charge on any atom is -0.310 e. The highest BCUT2D eigenvalue weighted by Crippen LogP contribution is 2.38. The van der Waals surface area contributed by atoms with E-state index in [4.69, 9.17) is 20.4 Å². The fourth-order valence-electron chi connectivity index (χ4n) is 9.36. The molecule has 0 fully saturated rings. The summed E-state index contributed by atoms with van der Waals surface area (Å²) in [5, 5.41) is 18.8. The molecule has 0 spiro atoms. The van der Waals surface area contributed by atoms with Crippen LogP contribution in [0.15, 0.2) is 255 Å². The third-order valence-electron chi connectivity index (χ3n) is 12.9. The summed E-state index contributed by atoms with van der Waals surface area (Å²) >= 11 is 0. The van der Waals surface area contributed by atoms with Crippen molar-refractivity contribution in [2.24, 2.45) is 0 Å². The number of rotatable bonds is 12. The Morgan fingerprint density at radius 3 is 1.20 bits per heavy atom. The number of fused-ring (bicyclic) bond motifs is 2. The van der Waals surface area contributed by atoms with Crippen molar-refractivity contribution in [2.45, 2.75) is 12.3 Å². The standard InChI is InChI=1S/C62H45N7/c1-3-16-45(17-4-1)58(46-31-33-55(34-32-46)68-63-59-27-7-8-28-60(59)64-68)40-44-15-11-18-47(39-44)48-19-12-20-49(41-48)50-21-13-22-51(42-50)52-23-14-26-57(43-52)67(53-24-5-2-6-25-53)54-35-37-56(38-36-54)69-65-61-29-9-10-30-62(61)66-69/h1-39,41-43,58H,40H2/t58-/m1/s1. The summed E-state index contributed by atoms with van der Waals surface area (Å²) in [4.78, 5) is 5.72. The third-order valence-corrected chi connectivity index (χ3v) is 12.9. The molecule has 1 atom stereocenters. The average Bonchev–Trinajstić information content (AvgIpc) is 4.07. The van der Waals surface area contributed by atoms with E-state index in [0.717, 1.165) is 73.6 Å². The summed E-state index contributed by atoms with van der Waals surface area (Å²) in [7, 11) is 0. The maximum Gasteiger partial charge on any atom is 0.113 e.